The Kier molecular flexibility index (Phi) is 5.43. The molecule has 0 saturated heterocycles. The fourth-order valence-electron chi connectivity index (χ4n) is 3.65. The number of hydrogen-bond donors (Lipinski definition) is 0. The van der Waals surface area contributed by atoms with Crippen LogP contribution >= 0.6 is 22.9 Å². The summed E-state index contributed by atoms with van der Waals surface area (Å²) in [7, 11) is 0. The van der Waals surface area contributed by atoms with Crippen molar-refractivity contribution in [2.75, 3.05) is 0 Å². The molecular formula is C26H17ClN2O2S. The minimum Gasteiger partial charge on any atom is -0.292 e. The predicted molar refractivity (Wildman–Crippen MR) is 131 cm³/mol. The van der Waals surface area contributed by atoms with Crippen LogP contribution < -0.4 is 5.56 Å². The van der Waals surface area contributed by atoms with Crippen molar-refractivity contribution < 1.29 is 4.79 Å². The van der Waals surface area contributed by atoms with E-state index in [0.29, 0.717) is 20.8 Å². The van der Waals surface area contributed by atoms with Crippen molar-refractivity contribution in [1.29, 1.82) is 0 Å². The summed E-state index contributed by atoms with van der Waals surface area (Å²) in [4.78, 5) is 31.0. The molecule has 0 aliphatic carbocycles. The largest absolute Gasteiger partial charge is 0.292 e. The molecule has 2 aromatic heterocycles. The summed E-state index contributed by atoms with van der Waals surface area (Å²) in [5.41, 5.74) is 4.30. The van der Waals surface area contributed by atoms with E-state index < -0.39 is 0 Å². The maximum atomic E-state index is 13.2. The molecule has 2 heterocycles. The summed E-state index contributed by atoms with van der Waals surface area (Å²) in [5, 5.41) is 3.04. The molecule has 6 heteroatoms. The van der Waals surface area contributed by atoms with Crippen LogP contribution in [0, 0.1) is 0 Å². The van der Waals surface area contributed by atoms with Gasteiger partial charge in [-0.05, 0) is 41.0 Å². The number of halogens is 1. The molecule has 0 aliphatic heterocycles. The first kappa shape index (κ1) is 20.4. The molecule has 0 unspecified atom stereocenters. The quantitative estimate of drug-likeness (QED) is 0.290. The van der Waals surface area contributed by atoms with Gasteiger partial charge in [-0.2, -0.15) is 0 Å². The van der Waals surface area contributed by atoms with E-state index in [4.69, 9.17) is 11.6 Å². The van der Waals surface area contributed by atoms with Crippen molar-refractivity contribution in [2.45, 2.75) is 6.54 Å². The lowest BCUT2D eigenvalue weighted by molar-refractivity contribution is 0.0970. The Bertz CT molecular complexity index is 1470. The number of aromatic nitrogens is 2. The number of Topliss-reactive ketones (excluding diaryl/α,β-unsaturated/α-hetero) is 1. The topological polar surface area (TPSA) is 52.0 Å². The number of benzene rings is 3. The summed E-state index contributed by atoms with van der Waals surface area (Å²) in [6.07, 6.45) is 1.44. The molecule has 0 radical (unpaired) electrons. The van der Waals surface area contributed by atoms with Crippen molar-refractivity contribution in [1.82, 2.24) is 9.55 Å². The summed E-state index contributed by atoms with van der Waals surface area (Å²) in [6.45, 7) is -0.0777. The van der Waals surface area contributed by atoms with Crippen molar-refractivity contribution in [2.24, 2.45) is 0 Å². The highest BCUT2D eigenvalue weighted by atomic mass is 35.5. The lowest BCUT2D eigenvalue weighted by Gasteiger charge is -2.07. The molecular weight excluding hydrogens is 440 g/mol. The molecule has 5 aromatic rings. The Balaban J connectivity index is 1.49. The van der Waals surface area contributed by atoms with Gasteiger partial charge in [-0.1, -0.05) is 66.2 Å². The molecule has 32 heavy (non-hydrogen) atoms. The Labute approximate surface area is 193 Å². The summed E-state index contributed by atoms with van der Waals surface area (Å²) in [6, 6.07) is 24.9. The van der Waals surface area contributed by atoms with E-state index in [0.717, 1.165) is 22.3 Å². The van der Waals surface area contributed by atoms with Gasteiger partial charge in [-0.15, -0.1) is 11.3 Å². The molecule has 0 fully saturated rings. The molecule has 3 aromatic carbocycles. The molecule has 5 rings (SSSR count). The van der Waals surface area contributed by atoms with Gasteiger partial charge in [0, 0.05) is 21.5 Å². The highest BCUT2D eigenvalue weighted by Gasteiger charge is 2.15. The van der Waals surface area contributed by atoms with Gasteiger partial charge in [0.25, 0.3) is 5.56 Å². The average molecular weight is 457 g/mol. The molecule has 0 amide bonds. The number of carbonyl (C=O) groups excluding carboxylic acids is 1. The Morgan fingerprint density at radius 1 is 0.875 bits per heavy atom. The van der Waals surface area contributed by atoms with Gasteiger partial charge >= 0.3 is 0 Å². The van der Waals surface area contributed by atoms with E-state index >= 15 is 0 Å². The molecule has 4 nitrogen and oxygen atoms in total. The maximum absolute atomic E-state index is 13.2. The first-order valence-corrected chi connectivity index (χ1v) is 11.3. The molecule has 0 spiro atoms. The van der Waals surface area contributed by atoms with Gasteiger partial charge in [0.15, 0.2) is 5.78 Å². The van der Waals surface area contributed by atoms with Gasteiger partial charge in [0.05, 0.1) is 18.3 Å². The van der Waals surface area contributed by atoms with Crippen LogP contribution in [0.1, 0.15) is 10.4 Å². The van der Waals surface area contributed by atoms with Crippen LogP contribution in [0.15, 0.2) is 95.4 Å². The van der Waals surface area contributed by atoms with Gasteiger partial charge in [0.2, 0.25) is 0 Å². The van der Waals surface area contributed by atoms with Crippen LogP contribution in [0.3, 0.4) is 0 Å². The number of nitrogens with zero attached hydrogens (tertiary/aromatic N) is 2. The van der Waals surface area contributed by atoms with Crippen molar-refractivity contribution in [3.63, 3.8) is 0 Å². The third-order valence-electron chi connectivity index (χ3n) is 5.34. The standard InChI is InChI=1S/C26H17ClN2O2S/c27-21-12-10-20(11-13-21)23(30)14-29-16-28-25-24(26(29)31)22(15-32-25)19-8-6-18(7-9-19)17-4-2-1-3-5-17/h1-13,15-16H,14H2. The second-order valence-corrected chi connectivity index (χ2v) is 8.68. The lowest BCUT2D eigenvalue weighted by Crippen LogP contribution is -2.24. The van der Waals surface area contributed by atoms with Crippen LogP contribution in [0.5, 0.6) is 0 Å². The molecule has 0 N–H and O–H groups in total. The molecule has 156 valence electrons. The zero-order valence-electron chi connectivity index (χ0n) is 16.9. The predicted octanol–water partition coefficient (Wildman–Crippen LogP) is 6.33. The van der Waals surface area contributed by atoms with E-state index in [9.17, 15) is 9.59 Å². The van der Waals surface area contributed by atoms with Gasteiger partial charge in [-0.25, -0.2) is 4.98 Å². The lowest BCUT2D eigenvalue weighted by atomic mass is 10.0. The van der Waals surface area contributed by atoms with Crippen molar-refractivity contribution >= 4 is 38.9 Å². The van der Waals surface area contributed by atoms with E-state index in [1.165, 1.54) is 22.2 Å². The second-order valence-electron chi connectivity index (χ2n) is 7.38. The normalized spacial score (nSPS) is 11.0. The molecule has 0 atom stereocenters. The molecule has 0 saturated carbocycles. The SMILES string of the molecule is O=C(Cn1cnc2scc(-c3ccc(-c4ccccc4)cc3)c2c1=O)c1ccc(Cl)cc1. The van der Waals surface area contributed by atoms with E-state index in [1.54, 1.807) is 24.3 Å². The van der Waals surface area contributed by atoms with Gasteiger partial charge < -0.3 is 0 Å². The second kappa shape index (κ2) is 8.54. The Morgan fingerprint density at radius 2 is 1.53 bits per heavy atom. The van der Waals surface area contributed by atoms with Crippen molar-refractivity contribution in [3.8, 4) is 22.3 Å². The third kappa shape index (κ3) is 3.88. The summed E-state index contributed by atoms with van der Waals surface area (Å²) < 4.78 is 1.37. The summed E-state index contributed by atoms with van der Waals surface area (Å²) in [5.74, 6) is -0.172. The summed E-state index contributed by atoms with van der Waals surface area (Å²) >= 11 is 7.32. The highest BCUT2D eigenvalue weighted by molar-refractivity contribution is 7.17. The van der Waals surface area contributed by atoms with E-state index in [2.05, 4.69) is 17.1 Å². The Hall–Kier alpha value is -3.54. The van der Waals surface area contributed by atoms with Crippen LogP contribution in [0.2, 0.25) is 5.02 Å². The van der Waals surface area contributed by atoms with Gasteiger partial charge in [0.1, 0.15) is 4.83 Å². The van der Waals surface area contributed by atoms with Crippen LogP contribution in [0.25, 0.3) is 32.5 Å². The van der Waals surface area contributed by atoms with Crippen LogP contribution in [0.4, 0.5) is 0 Å². The number of rotatable bonds is 5. The minimum atomic E-state index is -0.222. The average Bonchev–Trinajstić information content (AvgIpc) is 3.27. The number of ketones is 1. The van der Waals surface area contributed by atoms with Crippen molar-refractivity contribution in [3.05, 3.63) is 112 Å². The minimum absolute atomic E-state index is 0.0777. The maximum Gasteiger partial charge on any atom is 0.263 e. The fraction of sp³-hybridized carbons (Fsp3) is 0.0385. The number of fused-ring (bicyclic) bond motifs is 1. The number of carbonyl (C=O) groups is 1. The van der Waals surface area contributed by atoms with E-state index in [-0.39, 0.29) is 17.9 Å². The molecule has 0 bridgehead atoms. The zero-order chi connectivity index (χ0) is 22.1. The fourth-order valence-corrected chi connectivity index (χ4v) is 4.68. The molecule has 0 aliphatic rings. The van der Waals surface area contributed by atoms with Crippen LogP contribution in [-0.2, 0) is 6.54 Å². The zero-order valence-corrected chi connectivity index (χ0v) is 18.4. The van der Waals surface area contributed by atoms with Crippen LogP contribution in [-0.4, -0.2) is 15.3 Å². The highest BCUT2D eigenvalue weighted by Crippen LogP contribution is 2.32. The smallest absolute Gasteiger partial charge is 0.263 e. The third-order valence-corrected chi connectivity index (χ3v) is 6.48. The number of hydrogen-bond acceptors (Lipinski definition) is 4. The first-order chi connectivity index (χ1) is 15.6. The number of thiophene rings is 1. The van der Waals surface area contributed by atoms with Gasteiger partial charge in [-0.3, -0.25) is 14.2 Å². The monoisotopic (exact) mass is 456 g/mol. The first-order valence-electron chi connectivity index (χ1n) is 10.0. The Morgan fingerprint density at radius 3 is 2.25 bits per heavy atom. The van der Waals surface area contributed by atoms with E-state index in [1.807, 2.05) is 47.8 Å².